The predicted octanol–water partition coefficient (Wildman–Crippen LogP) is 6.10. The summed E-state index contributed by atoms with van der Waals surface area (Å²) in [6.07, 6.45) is 1.90. The van der Waals surface area contributed by atoms with Gasteiger partial charge in [0.2, 0.25) is 5.91 Å². The Labute approximate surface area is 238 Å². The van der Waals surface area contributed by atoms with Crippen LogP contribution in [0, 0.1) is 12.7 Å². The number of amides is 1. The molecule has 5 rings (SSSR count). The van der Waals surface area contributed by atoms with Crippen LogP contribution in [0.4, 0.5) is 4.39 Å². The van der Waals surface area contributed by atoms with Gasteiger partial charge < -0.3 is 9.64 Å². The van der Waals surface area contributed by atoms with Crippen LogP contribution in [0.5, 0.6) is 11.5 Å². The monoisotopic (exact) mass is 564 g/mol. The van der Waals surface area contributed by atoms with E-state index in [4.69, 9.17) is 21.3 Å². The highest BCUT2D eigenvalue weighted by Gasteiger charge is 2.42. The van der Waals surface area contributed by atoms with Crippen LogP contribution in [0.3, 0.4) is 0 Å². The van der Waals surface area contributed by atoms with E-state index in [1.807, 2.05) is 77.9 Å². The highest BCUT2D eigenvalue weighted by atomic mass is 35.5. The molecule has 3 heterocycles. The molecule has 8 nitrogen and oxygen atoms in total. The SMILES string of the molecule is CCc1c(F)cc(C(C)N2CCN(C)C(C)(C)C2=O)c(Oc2cccc3c(-c4ncnn4C)cc(C)nc23)c1Cl. The molecule has 1 unspecified atom stereocenters. The maximum absolute atomic E-state index is 15.3. The first kappa shape index (κ1) is 28.0. The summed E-state index contributed by atoms with van der Waals surface area (Å²) >= 11 is 6.86. The zero-order chi connectivity index (χ0) is 28.9. The largest absolute Gasteiger partial charge is 0.453 e. The molecule has 1 aliphatic heterocycles. The number of aromatic nitrogens is 4. The lowest BCUT2D eigenvalue weighted by atomic mass is 9.94. The van der Waals surface area contributed by atoms with Crippen molar-refractivity contribution in [2.45, 2.75) is 52.6 Å². The van der Waals surface area contributed by atoms with E-state index in [9.17, 15) is 4.79 Å². The van der Waals surface area contributed by atoms with Crippen molar-refractivity contribution in [3.8, 4) is 22.9 Å². The number of ether oxygens (including phenoxy) is 1. The molecule has 0 bridgehead atoms. The third-order valence-corrected chi connectivity index (χ3v) is 8.48. The Balaban J connectivity index is 1.66. The lowest BCUT2D eigenvalue weighted by Crippen LogP contribution is -2.61. The molecule has 1 fully saturated rings. The van der Waals surface area contributed by atoms with Crippen LogP contribution in [0.15, 0.2) is 36.7 Å². The van der Waals surface area contributed by atoms with Crippen molar-refractivity contribution in [3.63, 3.8) is 0 Å². The summed E-state index contributed by atoms with van der Waals surface area (Å²) in [7, 11) is 3.77. The molecule has 0 aliphatic carbocycles. The number of aryl methyl sites for hydroxylation is 2. The molecule has 0 saturated carbocycles. The van der Waals surface area contributed by atoms with Crippen molar-refractivity contribution in [3.05, 3.63) is 64.3 Å². The van der Waals surface area contributed by atoms with Crippen molar-refractivity contribution in [1.29, 1.82) is 0 Å². The van der Waals surface area contributed by atoms with Gasteiger partial charge in [-0.05, 0) is 59.4 Å². The van der Waals surface area contributed by atoms with Crippen LogP contribution >= 0.6 is 11.6 Å². The highest BCUT2D eigenvalue weighted by Crippen LogP contribution is 2.44. The smallest absolute Gasteiger partial charge is 0.243 e. The van der Waals surface area contributed by atoms with Crippen molar-refractivity contribution >= 4 is 28.4 Å². The maximum Gasteiger partial charge on any atom is 0.243 e. The summed E-state index contributed by atoms with van der Waals surface area (Å²) in [6.45, 7) is 10.6. The number of nitrogens with zero attached hydrogens (tertiary/aromatic N) is 6. The number of pyridine rings is 1. The van der Waals surface area contributed by atoms with Gasteiger partial charge in [-0.2, -0.15) is 5.10 Å². The van der Waals surface area contributed by atoms with Gasteiger partial charge in [0, 0.05) is 47.9 Å². The van der Waals surface area contributed by atoms with E-state index in [2.05, 4.69) is 10.1 Å². The van der Waals surface area contributed by atoms with Crippen molar-refractivity contribution in [2.24, 2.45) is 7.05 Å². The Morgan fingerprint density at radius 3 is 2.62 bits per heavy atom. The number of carbonyl (C=O) groups excluding carboxylic acids is 1. The zero-order valence-electron chi connectivity index (χ0n) is 23.9. The molecule has 2 aromatic heterocycles. The summed E-state index contributed by atoms with van der Waals surface area (Å²) in [5.74, 6) is 1.04. The Morgan fingerprint density at radius 2 is 1.95 bits per heavy atom. The Morgan fingerprint density at radius 1 is 1.20 bits per heavy atom. The normalized spacial score (nSPS) is 16.5. The van der Waals surface area contributed by atoms with Crippen LogP contribution < -0.4 is 4.74 Å². The number of hydrogen-bond acceptors (Lipinski definition) is 6. The fraction of sp³-hybridized carbons (Fsp3) is 0.400. The number of benzene rings is 2. The zero-order valence-corrected chi connectivity index (χ0v) is 24.7. The maximum atomic E-state index is 15.3. The number of rotatable bonds is 6. The number of para-hydroxylation sites is 1. The van der Waals surface area contributed by atoms with E-state index in [-0.39, 0.29) is 10.9 Å². The van der Waals surface area contributed by atoms with E-state index in [0.29, 0.717) is 53.5 Å². The summed E-state index contributed by atoms with van der Waals surface area (Å²) in [6, 6.07) is 8.59. The van der Waals surface area contributed by atoms with E-state index in [1.54, 1.807) is 9.58 Å². The minimum Gasteiger partial charge on any atom is -0.453 e. The lowest BCUT2D eigenvalue weighted by Gasteiger charge is -2.46. The van der Waals surface area contributed by atoms with E-state index >= 15 is 4.39 Å². The second-order valence-corrected chi connectivity index (χ2v) is 11.2. The van der Waals surface area contributed by atoms with Gasteiger partial charge in [-0.3, -0.25) is 9.69 Å². The van der Waals surface area contributed by atoms with Crippen molar-refractivity contribution in [2.75, 3.05) is 20.1 Å². The number of piperazine rings is 1. The van der Waals surface area contributed by atoms with Crippen molar-refractivity contribution < 1.29 is 13.9 Å². The fourth-order valence-electron chi connectivity index (χ4n) is 5.35. The van der Waals surface area contributed by atoms with Gasteiger partial charge in [-0.15, -0.1) is 0 Å². The summed E-state index contributed by atoms with van der Waals surface area (Å²) in [5, 5.41) is 5.25. The summed E-state index contributed by atoms with van der Waals surface area (Å²) in [4.78, 5) is 26.6. The molecule has 1 aliphatic rings. The van der Waals surface area contributed by atoms with Gasteiger partial charge in [0.25, 0.3) is 0 Å². The van der Waals surface area contributed by atoms with Gasteiger partial charge in [-0.25, -0.2) is 19.0 Å². The lowest BCUT2D eigenvalue weighted by molar-refractivity contribution is -0.150. The molecule has 2 aromatic carbocycles. The fourth-order valence-corrected chi connectivity index (χ4v) is 5.73. The van der Waals surface area contributed by atoms with Gasteiger partial charge in [0.15, 0.2) is 17.3 Å². The molecule has 40 heavy (non-hydrogen) atoms. The van der Waals surface area contributed by atoms with Gasteiger partial charge in [0.1, 0.15) is 17.7 Å². The number of likely N-dealkylation sites (N-methyl/N-ethyl adjacent to an activating group) is 1. The first-order valence-electron chi connectivity index (χ1n) is 13.4. The number of halogens is 2. The summed E-state index contributed by atoms with van der Waals surface area (Å²) in [5.41, 5.74) is 2.45. The second-order valence-electron chi connectivity index (χ2n) is 10.9. The Bertz CT molecular complexity index is 1620. The molecule has 0 N–H and O–H groups in total. The van der Waals surface area contributed by atoms with Gasteiger partial charge >= 0.3 is 0 Å². The number of fused-ring (bicyclic) bond motifs is 1. The Hall–Kier alpha value is -3.56. The number of hydrogen-bond donors (Lipinski definition) is 0. The Kier molecular flexibility index (Phi) is 7.31. The van der Waals surface area contributed by atoms with Gasteiger partial charge in [-0.1, -0.05) is 30.7 Å². The van der Waals surface area contributed by atoms with E-state index in [1.165, 1.54) is 12.4 Å². The van der Waals surface area contributed by atoms with Crippen LogP contribution in [0.25, 0.3) is 22.3 Å². The van der Waals surface area contributed by atoms with Crippen LogP contribution in [0.1, 0.15) is 50.6 Å². The standard InChI is InChI=1S/C30H34ClFN6O2/c1-8-19-23(32)15-21(18(3)38-13-12-36(6)30(4,5)29(38)39)27(25(19)31)40-24-11-9-10-20-22(14-17(2)35-26(20)24)28-33-16-34-37(28)7/h9-11,14-16,18H,8,12-13H2,1-7H3. The first-order valence-corrected chi connectivity index (χ1v) is 13.8. The van der Waals surface area contributed by atoms with E-state index < -0.39 is 17.4 Å². The average molecular weight is 565 g/mol. The molecule has 4 aromatic rings. The molecule has 1 atom stereocenters. The minimum atomic E-state index is -0.688. The van der Waals surface area contributed by atoms with Crippen LogP contribution in [0.2, 0.25) is 5.02 Å². The van der Waals surface area contributed by atoms with Crippen molar-refractivity contribution in [1.82, 2.24) is 29.5 Å². The average Bonchev–Trinajstić information content (AvgIpc) is 3.34. The quantitative estimate of drug-likeness (QED) is 0.282. The first-order chi connectivity index (χ1) is 18.9. The highest BCUT2D eigenvalue weighted by molar-refractivity contribution is 6.33. The topological polar surface area (TPSA) is 76.4 Å². The minimum absolute atomic E-state index is 0.0356. The summed E-state index contributed by atoms with van der Waals surface area (Å²) < 4.78 is 23.6. The molecule has 1 saturated heterocycles. The molecule has 210 valence electrons. The van der Waals surface area contributed by atoms with Crippen LogP contribution in [-0.2, 0) is 18.3 Å². The molecule has 1 amide bonds. The molecule has 10 heteroatoms. The van der Waals surface area contributed by atoms with Gasteiger partial charge in [0.05, 0.1) is 16.6 Å². The molecule has 0 spiro atoms. The number of carbonyl (C=O) groups is 1. The van der Waals surface area contributed by atoms with E-state index in [0.717, 1.165) is 16.6 Å². The van der Waals surface area contributed by atoms with Crippen LogP contribution in [-0.4, -0.2) is 61.1 Å². The third kappa shape index (κ3) is 4.61. The molecule has 0 radical (unpaired) electrons. The predicted molar refractivity (Wildman–Crippen MR) is 154 cm³/mol. The second kappa shape index (κ2) is 10.4. The molecular formula is C30H34ClFN6O2. The third-order valence-electron chi connectivity index (χ3n) is 8.08. The molecular weight excluding hydrogens is 531 g/mol.